The average Bonchev–Trinajstić information content (AvgIpc) is 2.15. The monoisotopic (exact) mass is 243 g/mol. The normalized spacial score (nSPS) is 11.1. The van der Waals surface area contributed by atoms with E-state index >= 15 is 0 Å². The van der Waals surface area contributed by atoms with Gasteiger partial charge in [0.1, 0.15) is 0 Å². The van der Waals surface area contributed by atoms with Crippen molar-refractivity contribution in [2.75, 3.05) is 0 Å². The highest BCUT2D eigenvalue weighted by Crippen LogP contribution is 2.13. The number of benzene rings is 1. The fourth-order valence-electron chi connectivity index (χ4n) is 1.05. The number of sulfonamides is 1. The van der Waals surface area contributed by atoms with E-state index in [2.05, 4.69) is 0 Å². The Kier molecular flexibility index (Phi) is 2.97. The number of primary amides is 2. The molecule has 0 unspecified atom stereocenters. The van der Waals surface area contributed by atoms with Gasteiger partial charge >= 0.3 is 0 Å². The Balaban J connectivity index is 3.54. The van der Waals surface area contributed by atoms with E-state index in [9.17, 15) is 18.0 Å². The van der Waals surface area contributed by atoms with Crippen LogP contribution in [0.5, 0.6) is 0 Å². The van der Waals surface area contributed by atoms with Crippen molar-refractivity contribution in [2.45, 2.75) is 4.90 Å². The van der Waals surface area contributed by atoms with Gasteiger partial charge in [-0.3, -0.25) is 9.59 Å². The van der Waals surface area contributed by atoms with E-state index in [0.29, 0.717) is 0 Å². The first-order valence-electron chi connectivity index (χ1n) is 3.99. The summed E-state index contributed by atoms with van der Waals surface area (Å²) in [6.07, 6.45) is 0. The van der Waals surface area contributed by atoms with Gasteiger partial charge in [0.15, 0.2) is 0 Å². The molecular weight excluding hydrogens is 234 g/mol. The molecule has 0 spiro atoms. The Bertz CT molecular complexity index is 532. The van der Waals surface area contributed by atoms with E-state index in [1.807, 2.05) is 0 Å². The third-order valence-corrected chi connectivity index (χ3v) is 2.70. The SMILES string of the molecule is NC(=O)c1cc(C(N)=O)cc(S(N)(=O)=O)c1. The molecular formula is C8H9N3O4S. The summed E-state index contributed by atoms with van der Waals surface area (Å²) in [4.78, 5) is 21.4. The second kappa shape index (κ2) is 3.91. The summed E-state index contributed by atoms with van der Waals surface area (Å²) >= 11 is 0. The zero-order valence-electron chi connectivity index (χ0n) is 8.01. The molecule has 2 amide bonds. The van der Waals surface area contributed by atoms with Crippen LogP contribution in [-0.2, 0) is 10.0 Å². The second-order valence-corrected chi connectivity index (χ2v) is 4.58. The van der Waals surface area contributed by atoms with Crippen molar-refractivity contribution in [1.82, 2.24) is 0 Å². The molecule has 1 aromatic rings. The summed E-state index contributed by atoms with van der Waals surface area (Å²) < 4.78 is 22.1. The molecule has 0 fully saturated rings. The van der Waals surface area contributed by atoms with Crippen molar-refractivity contribution in [1.29, 1.82) is 0 Å². The highest BCUT2D eigenvalue weighted by molar-refractivity contribution is 7.89. The molecule has 6 N–H and O–H groups in total. The van der Waals surface area contributed by atoms with Gasteiger partial charge in [-0.2, -0.15) is 0 Å². The topological polar surface area (TPSA) is 146 Å². The molecule has 0 aliphatic rings. The van der Waals surface area contributed by atoms with E-state index < -0.39 is 26.7 Å². The van der Waals surface area contributed by atoms with E-state index in [1.165, 1.54) is 0 Å². The molecule has 0 saturated carbocycles. The highest BCUT2D eigenvalue weighted by atomic mass is 32.2. The van der Waals surface area contributed by atoms with Gasteiger partial charge in [-0.25, -0.2) is 13.6 Å². The Morgan fingerprint density at radius 1 is 0.938 bits per heavy atom. The van der Waals surface area contributed by atoms with Gasteiger partial charge < -0.3 is 11.5 Å². The lowest BCUT2D eigenvalue weighted by molar-refractivity contribution is 0.0999. The fraction of sp³-hybridized carbons (Fsp3) is 0. The maximum Gasteiger partial charge on any atom is 0.248 e. The molecule has 1 aromatic carbocycles. The number of rotatable bonds is 3. The number of amides is 2. The van der Waals surface area contributed by atoms with Crippen LogP contribution in [0.4, 0.5) is 0 Å². The smallest absolute Gasteiger partial charge is 0.248 e. The van der Waals surface area contributed by atoms with E-state index in [1.54, 1.807) is 0 Å². The van der Waals surface area contributed by atoms with Crippen molar-refractivity contribution in [3.8, 4) is 0 Å². The molecule has 0 radical (unpaired) electrons. The lowest BCUT2D eigenvalue weighted by atomic mass is 10.1. The quantitative estimate of drug-likeness (QED) is 0.594. The van der Waals surface area contributed by atoms with Crippen LogP contribution in [0.25, 0.3) is 0 Å². The van der Waals surface area contributed by atoms with E-state index in [0.717, 1.165) is 18.2 Å². The van der Waals surface area contributed by atoms with Gasteiger partial charge in [-0.15, -0.1) is 0 Å². The summed E-state index contributed by atoms with van der Waals surface area (Å²) in [6.45, 7) is 0. The van der Waals surface area contributed by atoms with Gasteiger partial charge in [-0.05, 0) is 18.2 Å². The lowest BCUT2D eigenvalue weighted by Gasteiger charge is -2.03. The zero-order chi connectivity index (χ0) is 12.5. The van der Waals surface area contributed by atoms with Crippen LogP contribution >= 0.6 is 0 Å². The van der Waals surface area contributed by atoms with Crippen LogP contribution in [0, 0.1) is 0 Å². The Hall–Kier alpha value is -1.93. The van der Waals surface area contributed by atoms with Crippen molar-refractivity contribution >= 4 is 21.8 Å². The van der Waals surface area contributed by atoms with Crippen molar-refractivity contribution < 1.29 is 18.0 Å². The Labute approximate surface area is 91.3 Å². The molecule has 1 rings (SSSR count). The van der Waals surface area contributed by atoms with Gasteiger partial charge in [0.05, 0.1) is 4.90 Å². The van der Waals surface area contributed by atoms with Crippen LogP contribution < -0.4 is 16.6 Å². The number of hydrogen-bond donors (Lipinski definition) is 3. The van der Waals surface area contributed by atoms with Gasteiger partial charge in [0.25, 0.3) is 0 Å². The zero-order valence-corrected chi connectivity index (χ0v) is 8.82. The van der Waals surface area contributed by atoms with Gasteiger partial charge in [-0.1, -0.05) is 0 Å². The predicted octanol–water partition coefficient (Wildman–Crippen LogP) is -1.47. The molecule has 86 valence electrons. The first-order valence-corrected chi connectivity index (χ1v) is 5.54. The summed E-state index contributed by atoms with van der Waals surface area (Å²) in [5, 5.41) is 4.86. The predicted molar refractivity (Wildman–Crippen MR) is 54.9 cm³/mol. The molecule has 0 aliphatic carbocycles. The third kappa shape index (κ3) is 2.55. The first-order chi connectivity index (χ1) is 7.21. The summed E-state index contributed by atoms with van der Waals surface area (Å²) in [6, 6.07) is 3.05. The minimum Gasteiger partial charge on any atom is -0.366 e. The molecule has 0 atom stereocenters. The second-order valence-electron chi connectivity index (χ2n) is 3.02. The summed E-state index contributed by atoms with van der Waals surface area (Å²) in [5.74, 6) is -1.76. The minimum atomic E-state index is -4.03. The molecule has 0 aliphatic heterocycles. The van der Waals surface area contributed by atoms with Crippen molar-refractivity contribution in [3.05, 3.63) is 29.3 Å². The van der Waals surface area contributed by atoms with Crippen molar-refractivity contribution in [2.24, 2.45) is 16.6 Å². The van der Waals surface area contributed by atoms with Crippen molar-refractivity contribution in [3.63, 3.8) is 0 Å². The van der Waals surface area contributed by atoms with Gasteiger partial charge in [0.2, 0.25) is 21.8 Å². The van der Waals surface area contributed by atoms with Crippen LogP contribution in [0.1, 0.15) is 20.7 Å². The fourth-order valence-corrected chi connectivity index (χ4v) is 1.63. The molecule has 0 heterocycles. The van der Waals surface area contributed by atoms with Gasteiger partial charge in [0, 0.05) is 11.1 Å². The third-order valence-electron chi connectivity index (χ3n) is 1.80. The van der Waals surface area contributed by atoms with E-state index in [4.69, 9.17) is 16.6 Å². The number of carbonyl (C=O) groups excluding carboxylic acids is 2. The maximum absolute atomic E-state index is 11.1. The molecule has 8 heteroatoms. The van der Waals surface area contributed by atoms with E-state index in [-0.39, 0.29) is 11.1 Å². The molecule has 0 saturated heterocycles. The number of nitrogens with two attached hydrogens (primary N) is 3. The Morgan fingerprint density at radius 3 is 1.56 bits per heavy atom. The molecule has 16 heavy (non-hydrogen) atoms. The largest absolute Gasteiger partial charge is 0.366 e. The Morgan fingerprint density at radius 2 is 1.31 bits per heavy atom. The van der Waals surface area contributed by atoms with Crippen LogP contribution in [0.2, 0.25) is 0 Å². The van der Waals surface area contributed by atoms with Crippen LogP contribution in [0.15, 0.2) is 23.1 Å². The number of primary sulfonamides is 1. The molecule has 7 nitrogen and oxygen atoms in total. The number of hydrogen-bond acceptors (Lipinski definition) is 4. The van der Waals surface area contributed by atoms with Crippen LogP contribution in [0.3, 0.4) is 0 Å². The first kappa shape index (κ1) is 12.1. The average molecular weight is 243 g/mol. The van der Waals surface area contributed by atoms with Crippen LogP contribution in [-0.4, -0.2) is 20.2 Å². The molecule has 0 bridgehead atoms. The summed E-state index contributed by atoms with van der Waals surface area (Å²) in [7, 11) is -4.03. The number of carbonyl (C=O) groups is 2. The highest BCUT2D eigenvalue weighted by Gasteiger charge is 2.15. The summed E-state index contributed by atoms with van der Waals surface area (Å²) in [5.41, 5.74) is 9.63. The lowest BCUT2D eigenvalue weighted by Crippen LogP contribution is -2.19. The minimum absolute atomic E-state index is 0.152. The maximum atomic E-state index is 11.1. The molecule has 0 aromatic heterocycles. The standard InChI is InChI=1S/C8H9N3O4S/c9-7(12)4-1-5(8(10)13)3-6(2-4)16(11,14)15/h1-3H,(H2,9,12)(H2,10,13)(H2,11,14,15).